The highest BCUT2D eigenvalue weighted by atomic mass is 35.5. The zero-order valence-corrected chi connectivity index (χ0v) is 15.7. The number of carbonyl (C=O) groups is 1. The van der Waals surface area contributed by atoms with Crippen molar-refractivity contribution in [2.75, 3.05) is 4.90 Å². The number of anilines is 1. The molecule has 1 amide bonds. The molecule has 1 aromatic heterocycles. The van der Waals surface area contributed by atoms with Crippen molar-refractivity contribution in [1.29, 1.82) is 0 Å². The van der Waals surface area contributed by atoms with E-state index in [2.05, 4.69) is 11.5 Å². The molecular weight excluding hydrogens is 324 g/mol. The van der Waals surface area contributed by atoms with Gasteiger partial charge in [-0.15, -0.1) is 0 Å². The van der Waals surface area contributed by atoms with Gasteiger partial charge in [0.2, 0.25) is 0 Å². The molecule has 0 saturated carbocycles. The van der Waals surface area contributed by atoms with Crippen LogP contribution in [0.3, 0.4) is 0 Å². The Hall–Kier alpha value is -1.68. The van der Waals surface area contributed by atoms with Gasteiger partial charge in [-0.3, -0.25) is 4.90 Å². The van der Waals surface area contributed by atoms with Gasteiger partial charge in [0.05, 0.1) is 16.2 Å². The minimum absolute atomic E-state index is 0.549. The third-order valence-corrected chi connectivity index (χ3v) is 4.48. The Labute approximate surface area is 149 Å². The van der Waals surface area contributed by atoms with Gasteiger partial charge >= 0.3 is 6.09 Å². The highest BCUT2D eigenvalue weighted by Gasteiger charge is 2.30. The molecule has 0 atom stereocenters. The second-order valence-electron chi connectivity index (χ2n) is 7.19. The van der Waals surface area contributed by atoms with Gasteiger partial charge in [-0.25, -0.2) is 4.79 Å². The predicted molar refractivity (Wildman–Crippen MR) is 101 cm³/mol. The number of carboxylic acid groups (broad SMARTS) is 1. The van der Waals surface area contributed by atoms with Crippen molar-refractivity contribution in [2.45, 2.75) is 65.5 Å². The molecule has 5 heteroatoms. The molecule has 0 spiro atoms. The van der Waals surface area contributed by atoms with Crippen LogP contribution in [0.5, 0.6) is 0 Å². The van der Waals surface area contributed by atoms with Crippen LogP contribution in [0.15, 0.2) is 24.4 Å². The first-order chi connectivity index (χ1) is 11.3. The van der Waals surface area contributed by atoms with Gasteiger partial charge in [-0.05, 0) is 39.3 Å². The van der Waals surface area contributed by atoms with Crippen molar-refractivity contribution in [3.05, 3.63) is 29.4 Å². The summed E-state index contributed by atoms with van der Waals surface area (Å²) >= 11 is 6.48. The fraction of sp³-hybridized carbons (Fsp3) is 0.526. The lowest BCUT2D eigenvalue weighted by Crippen LogP contribution is -2.45. The Morgan fingerprint density at radius 2 is 1.96 bits per heavy atom. The lowest BCUT2D eigenvalue weighted by molar-refractivity contribution is 0.196. The van der Waals surface area contributed by atoms with Gasteiger partial charge in [0, 0.05) is 23.7 Å². The average molecular weight is 351 g/mol. The molecule has 0 radical (unpaired) electrons. The monoisotopic (exact) mass is 350 g/mol. The number of hydrogen-bond donors (Lipinski definition) is 1. The molecule has 0 aliphatic carbocycles. The summed E-state index contributed by atoms with van der Waals surface area (Å²) in [6, 6.07) is 5.74. The zero-order valence-electron chi connectivity index (χ0n) is 15.0. The molecule has 0 fully saturated rings. The number of aryl methyl sites for hydroxylation is 1. The van der Waals surface area contributed by atoms with Crippen LogP contribution < -0.4 is 4.90 Å². The average Bonchev–Trinajstić information content (AvgIpc) is 2.79. The first kappa shape index (κ1) is 18.7. The van der Waals surface area contributed by atoms with Crippen LogP contribution in [0.25, 0.3) is 10.9 Å². The highest BCUT2D eigenvalue weighted by molar-refractivity contribution is 6.37. The fourth-order valence-electron chi connectivity index (χ4n) is 3.11. The second-order valence-corrected chi connectivity index (χ2v) is 7.60. The number of rotatable bonds is 6. The number of nitrogens with zero attached hydrogens (tertiary/aromatic N) is 2. The molecule has 2 rings (SSSR count). The summed E-state index contributed by atoms with van der Waals surface area (Å²) in [5.74, 6) is 0. The van der Waals surface area contributed by atoms with Crippen LogP contribution >= 0.6 is 11.6 Å². The summed E-state index contributed by atoms with van der Waals surface area (Å²) < 4.78 is 2.14. The van der Waals surface area contributed by atoms with E-state index in [1.54, 1.807) is 0 Å². The van der Waals surface area contributed by atoms with E-state index in [1.807, 2.05) is 45.2 Å². The van der Waals surface area contributed by atoms with Gasteiger partial charge in [0.25, 0.3) is 0 Å². The molecule has 1 N–H and O–H groups in total. The topological polar surface area (TPSA) is 45.5 Å². The molecule has 0 saturated heterocycles. The summed E-state index contributed by atoms with van der Waals surface area (Å²) in [4.78, 5) is 13.2. The molecule has 2 aromatic rings. The first-order valence-electron chi connectivity index (χ1n) is 8.58. The molecule has 0 bridgehead atoms. The van der Waals surface area contributed by atoms with Crippen LogP contribution in [0.1, 0.15) is 53.4 Å². The number of hydrogen-bond acceptors (Lipinski definition) is 1. The van der Waals surface area contributed by atoms with Gasteiger partial charge < -0.3 is 9.67 Å². The molecule has 0 aliphatic rings. The van der Waals surface area contributed by atoms with Crippen molar-refractivity contribution in [1.82, 2.24) is 4.57 Å². The summed E-state index contributed by atoms with van der Waals surface area (Å²) in [5.41, 5.74) is 1.08. The maximum atomic E-state index is 11.8. The number of halogens is 1. The number of benzene rings is 1. The standard InChI is InChI=1S/C19H27ClN2O2/c1-5-6-7-8-12-21-13-14(20)17-15(21)10-9-11-16(17)22(18(23)24)19(2,3)4/h9-11,13H,5-8,12H2,1-4H3,(H,23,24). The van der Waals surface area contributed by atoms with Crippen molar-refractivity contribution >= 4 is 34.3 Å². The fourth-order valence-corrected chi connectivity index (χ4v) is 3.43. The minimum Gasteiger partial charge on any atom is -0.465 e. The minimum atomic E-state index is -0.971. The largest absolute Gasteiger partial charge is 0.465 e. The lowest BCUT2D eigenvalue weighted by Gasteiger charge is -2.33. The number of unbranched alkanes of at least 4 members (excludes halogenated alkanes) is 3. The normalized spacial score (nSPS) is 11.9. The number of amides is 1. The van der Waals surface area contributed by atoms with E-state index < -0.39 is 11.6 Å². The van der Waals surface area contributed by atoms with Gasteiger partial charge in [-0.1, -0.05) is 43.9 Å². The van der Waals surface area contributed by atoms with Crippen molar-refractivity contribution in [3.63, 3.8) is 0 Å². The molecule has 1 aromatic carbocycles. The molecule has 1 heterocycles. The Morgan fingerprint density at radius 3 is 2.54 bits per heavy atom. The maximum Gasteiger partial charge on any atom is 0.412 e. The van der Waals surface area contributed by atoms with E-state index in [9.17, 15) is 9.90 Å². The highest BCUT2D eigenvalue weighted by Crippen LogP contribution is 2.37. The quantitative estimate of drug-likeness (QED) is 0.634. The Kier molecular flexibility index (Phi) is 5.81. The van der Waals surface area contributed by atoms with Crippen molar-refractivity contribution < 1.29 is 9.90 Å². The first-order valence-corrected chi connectivity index (χ1v) is 8.95. The molecule has 0 unspecified atom stereocenters. The van der Waals surface area contributed by atoms with Crippen LogP contribution in [-0.4, -0.2) is 21.3 Å². The molecule has 24 heavy (non-hydrogen) atoms. The van der Waals surface area contributed by atoms with E-state index >= 15 is 0 Å². The number of aromatic nitrogens is 1. The van der Waals surface area contributed by atoms with E-state index in [0.717, 1.165) is 23.9 Å². The number of fused-ring (bicyclic) bond motifs is 1. The molecular formula is C19H27ClN2O2. The maximum absolute atomic E-state index is 11.8. The smallest absolute Gasteiger partial charge is 0.412 e. The van der Waals surface area contributed by atoms with E-state index in [1.165, 1.54) is 24.2 Å². The van der Waals surface area contributed by atoms with Crippen molar-refractivity contribution in [2.24, 2.45) is 0 Å². The van der Waals surface area contributed by atoms with Gasteiger partial charge in [0.1, 0.15) is 0 Å². The summed E-state index contributed by atoms with van der Waals surface area (Å²) in [5, 5.41) is 11.1. The SMILES string of the molecule is CCCCCCn1cc(Cl)c2c(N(C(=O)O)C(C)(C)C)cccc21. The second kappa shape index (κ2) is 7.47. The zero-order chi connectivity index (χ0) is 17.9. The third-order valence-electron chi connectivity index (χ3n) is 4.19. The van der Waals surface area contributed by atoms with Gasteiger partial charge in [0.15, 0.2) is 0 Å². The summed E-state index contributed by atoms with van der Waals surface area (Å²) in [7, 11) is 0. The van der Waals surface area contributed by atoms with Crippen LogP contribution in [0.4, 0.5) is 10.5 Å². The predicted octanol–water partition coefficient (Wildman–Crippen LogP) is 6.16. The van der Waals surface area contributed by atoms with E-state index in [-0.39, 0.29) is 0 Å². The lowest BCUT2D eigenvalue weighted by atomic mass is 10.0. The molecule has 132 valence electrons. The molecule has 0 aliphatic heterocycles. The summed E-state index contributed by atoms with van der Waals surface area (Å²) in [6.07, 6.45) is 5.67. The van der Waals surface area contributed by atoms with Crippen LogP contribution in [-0.2, 0) is 6.54 Å². The van der Waals surface area contributed by atoms with Crippen molar-refractivity contribution in [3.8, 4) is 0 Å². The Morgan fingerprint density at radius 1 is 1.25 bits per heavy atom. The Bertz CT molecular complexity index is 716. The van der Waals surface area contributed by atoms with Crippen LogP contribution in [0.2, 0.25) is 5.02 Å². The Balaban J connectivity index is 2.46. The third kappa shape index (κ3) is 3.86. The van der Waals surface area contributed by atoms with Gasteiger partial charge in [-0.2, -0.15) is 0 Å². The molecule has 4 nitrogen and oxygen atoms in total. The van der Waals surface area contributed by atoms with E-state index in [0.29, 0.717) is 10.7 Å². The van der Waals surface area contributed by atoms with E-state index in [4.69, 9.17) is 11.6 Å². The van der Waals surface area contributed by atoms with Crippen LogP contribution in [0, 0.1) is 0 Å². The summed E-state index contributed by atoms with van der Waals surface area (Å²) in [6.45, 7) is 8.75.